The number of imidazole rings is 2. The molecule has 1 unspecified atom stereocenters. The highest BCUT2D eigenvalue weighted by Crippen LogP contribution is 2.19. The SMILES string of the molecule is O=C(O)C(Cc1ccc2nccn2c1)c1cnc[nH]1. The van der Waals surface area contributed by atoms with Gasteiger partial charge in [0.25, 0.3) is 0 Å². The molecule has 0 saturated heterocycles. The van der Waals surface area contributed by atoms with Crippen LogP contribution in [0.2, 0.25) is 0 Å². The molecule has 6 heteroatoms. The van der Waals surface area contributed by atoms with E-state index in [1.807, 2.05) is 28.9 Å². The van der Waals surface area contributed by atoms with Gasteiger partial charge in [0.15, 0.2) is 0 Å². The Morgan fingerprint density at radius 3 is 3.11 bits per heavy atom. The van der Waals surface area contributed by atoms with Crippen molar-refractivity contribution in [1.29, 1.82) is 0 Å². The summed E-state index contributed by atoms with van der Waals surface area (Å²) in [4.78, 5) is 22.2. The summed E-state index contributed by atoms with van der Waals surface area (Å²) in [6, 6.07) is 3.77. The van der Waals surface area contributed by atoms with Gasteiger partial charge in [0.2, 0.25) is 0 Å². The van der Waals surface area contributed by atoms with Crippen molar-refractivity contribution < 1.29 is 9.90 Å². The van der Waals surface area contributed by atoms with Crippen molar-refractivity contribution in [2.75, 3.05) is 0 Å². The molecule has 0 bridgehead atoms. The summed E-state index contributed by atoms with van der Waals surface area (Å²) in [5, 5.41) is 9.31. The first-order valence-corrected chi connectivity index (χ1v) is 5.87. The average Bonchev–Trinajstić information content (AvgIpc) is 3.06. The van der Waals surface area contributed by atoms with E-state index in [1.165, 1.54) is 6.33 Å². The largest absolute Gasteiger partial charge is 0.481 e. The smallest absolute Gasteiger partial charge is 0.312 e. The Labute approximate surface area is 108 Å². The molecule has 0 aliphatic heterocycles. The predicted octanol–water partition coefficient (Wildman–Crippen LogP) is 1.47. The van der Waals surface area contributed by atoms with E-state index in [2.05, 4.69) is 15.0 Å². The molecule has 0 aromatic carbocycles. The van der Waals surface area contributed by atoms with Gasteiger partial charge in [-0.3, -0.25) is 4.79 Å². The molecule has 0 spiro atoms. The van der Waals surface area contributed by atoms with Crippen molar-refractivity contribution in [2.45, 2.75) is 12.3 Å². The zero-order valence-corrected chi connectivity index (χ0v) is 10.0. The number of aromatic amines is 1. The summed E-state index contributed by atoms with van der Waals surface area (Å²) in [7, 11) is 0. The molecule has 3 aromatic rings. The lowest BCUT2D eigenvalue weighted by Crippen LogP contribution is -2.15. The van der Waals surface area contributed by atoms with E-state index in [0.717, 1.165) is 11.2 Å². The van der Waals surface area contributed by atoms with Gasteiger partial charge in [-0.1, -0.05) is 6.07 Å². The number of hydrogen-bond donors (Lipinski definition) is 2. The number of carboxylic acids is 1. The normalized spacial score (nSPS) is 12.6. The number of aromatic nitrogens is 4. The summed E-state index contributed by atoms with van der Waals surface area (Å²) in [6.45, 7) is 0. The standard InChI is InChI=1S/C13H12N4O2/c18-13(19)10(11-6-14-8-16-11)5-9-1-2-12-15-3-4-17(12)7-9/h1-4,6-8,10H,5H2,(H,14,16)(H,18,19). The van der Waals surface area contributed by atoms with Crippen LogP contribution >= 0.6 is 0 Å². The second kappa shape index (κ2) is 4.56. The van der Waals surface area contributed by atoms with E-state index in [1.54, 1.807) is 12.4 Å². The zero-order valence-electron chi connectivity index (χ0n) is 10.0. The number of pyridine rings is 1. The summed E-state index contributed by atoms with van der Waals surface area (Å²) in [5.41, 5.74) is 2.39. The highest BCUT2D eigenvalue weighted by atomic mass is 16.4. The number of fused-ring (bicyclic) bond motifs is 1. The molecule has 0 saturated carbocycles. The quantitative estimate of drug-likeness (QED) is 0.740. The van der Waals surface area contributed by atoms with Gasteiger partial charge in [0.05, 0.1) is 6.33 Å². The van der Waals surface area contributed by atoms with Gasteiger partial charge in [-0.2, -0.15) is 0 Å². The minimum absolute atomic E-state index is 0.408. The van der Waals surface area contributed by atoms with E-state index in [9.17, 15) is 9.90 Å². The van der Waals surface area contributed by atoms with Crippen LogP contribution in [0.1, 0.15) is 17.2 Å². The van der Waals surface area contributed by atoms with E-state index in [4.69, 9.17) is 0 Å². The Kier molecular flexibility index (Phi) is 2.75. The predicted molar refractivity (Wildman–Crippen MR) is 67.9 cm³/mol. The highest BCUT2D eigenvalue weighted by molar-refractivity contribution is 5.75. The van der Waals surface area contributed by atoms with Crippen LogP contribution in [-0.2, 0) is 11.2 Å². The van der Waals surface area contributed by atoms with E-state index < -0.39 is 11.9 Å². The molecular weight excluding hydrogens is 244 g/mol. The second-order valence-corrected chi connectivity index (χ2v) is 4.33. The van der Waals surface area contributed by atoms with E-state index in [0.29, 0.717) is 12.1 Å². The van der Waals surface area contributed by atoms with Gasteiger partial charge >= 0.3 is 5.97 Å². The number of carboxylic acid groups (broad SMARTS) is 1. The van der Waals surface area contributed by atoms with Gasteiger partial charge in [0, 0.05) is 30.5 Å². The first-order chi connectivity index (χ1) is 9.24. The van der Waals surface area contributed by atoms with Crippen molar-refractivity contribution in [3.63, 3.8) is 0 Å². The molecule has 96 valence electrons. The maximum Gasteiger partial charge on any atom is 0.312 e. The number of hydrogen-bond acceptors (Lipinski definition) is 3. The molecule has 0 amide bonds. The lowest BCUT2D eigenvalue weighted by molar-refractivity contribution is -0.138. The van der Waals surface area contributed by atoms with Crippen LogP contribution in [0, 0.1) is 0 Å². The van der Waals surface area contributed by atoms with Gasteiger partial charge < -0.3 is 14.5 Å². The molecule has 3 rings (SSSR count). The topological polar surface area (TPSA) is 83.3 Å². The molecule has 1 atom stereocenters. The van der Waals surface area contributed by atoms with Crippen LogP contribution < -0.4 is 0 Å². The van der Waals surface area contributed by atoms with E-state index in [-0.39, 0.29) is 0 Å². The second-order valence-electron chi connectivity index (χ2n) is 4.33. The summed E-state index contributed by atoms with van der Waals surface area (Å²) >= 11 is 0. The molecule has 0 radical (unpaired) electrons. The fraction of sp³-hybridized carbons (Fsp3) is 0.154. The maximum absolute atomic E-state index is 11.3. The van der Waals surface area contributed by atoms with Crippen LogP contribution in [0.3, 0.4) is 0 Å². The van der Waals surface area contributed by atoms with Crippen molar-refractivity contribution in [1.82, 2.24) is 19.4 Å². The third kappa shape index (κ3) is 2.20. The number of nitrogens with zero attached hydrogens (tertiary/aromatic N) is 3. The van der Waals surface area contributed by atoms with Gasteiger partial charge in [-0.15, -0.1) is 0 Å². The fourth-order valence-electron chi connectivity index (χ4n) is 2.11. The third-order valence-electron chi connectivity index (χ3n) is 3.08. The Hall–Kier alpha value is -2.63. The van der Waals surface area contributed by atoms with Gasteiger partial charge in [-0.05, 0) is 18.1 Å². The van der Waals surface area contributed by atoms with Crippen molar-refractivity contribution in [3.8, 4) is 0 Å². The Morgan fingerprint density at radius 2 is 2.37 bits per heavy atom. The summed E-state index contributed by atoms with van der Waals surface area (Å²) < 4.78 is 1.88. The first-order valence-electron chi connectivity index (χ1n) is 5.87. The zero-order chi connectivity index (χ0) is 13.2. The minimum Gasteiger partial charge on any atom is -0.481 e. The van der Waals surface area contributed by atoms with Crippen LogP contribution in [0.5, 0.6) is 0 Å². The van der Waals surface area contributed by atoms with Crippen LogP contribution in [0.15, 0.2) is 43.2 Å². The molecule has 19 heavy (non-hydrogen) atoms. The molecule has 0 aliphatic carbocycles. The van der Waals surface area contributed by atoms with Crippen molar-refractivity contribution >= 4 is 11.6 Å². The maximum atomic E-state index is 11.3. The van der Waals surface area contributed by atoms with Crippen molar-refractivity contribution in [3.05, 3.63) is 54.5 Å². The third-order valence-corrected chi connectivity index (χ3v) is 3.08. The Morgan fingerprint density at radius 1 is 1.47 bits per heavy atom. The first kappa shape index (κ1) is 11.5. The molecular formula is C13H12N4O2. The number of rotatable bonds is 4. The van der Waals surface area contributed by atoms with Gasteiger partial charge in [0.1, 0.15) is 11.6 Å². The Balaban J connectivity index is 1.91. The Bertz CT molecular complexity index is 702. The van der Waals surface area contributed by atoms with Crippen LogP contribution in [0.25, 0.3) is 5.65 Å². The highest BCUT2D eigenvalue weighted by Gasteiger charge is 2.21. The minimum atomic E-state index is -0.866. The van der Waals surface area contributed by atoms with Crippen LogP contribution in [0.4, 0.5) is 0 Å². The lowest BCUT2D eigenvalue weighted by atomic mass is 9.98. The lowest BCUT2D eigenvalue weighted by Gasteiger charge is -2.10. The molecule has 3 aromatic heterocycles. The number of H-pyrrole nitrogens is 1. The molecule has 2 N–H and O–H groups in total. The summed E-state index contributed by atoms with van der Waals surface area (Å²) in [6.07, 6.45) is 8.90. The van der Waals surface area contributed by atoms with Crippen molar-refractivity contribution in [2.24, 2.45) is 0 Å². The van der Waals surface area contributed by atoms with Crippen LogP contribution in [-0.4, -0.2) is 30.4 Å². The number of nitrogens with one attached hydrogen (secondary N) is 1. The molecule has 0 aliphatic rings. The molecule has 0 fully saturated rings. The van der Waals surface area contributed by atoms with E-state index >= 15 is 0 Å². The number of aliphatic carboxylic acids is 1. The molecule has 3 heterocycles. The molecule has 6 nitrogen and oxygen atoms in total. The van der Waals surface area contributed by atoms with Gasteiger partial charge in [-0.25, -0.2) is 9.97 Å². The number of carbonyl (C=O) groups is 1. The fourth-order valence-corrected chi connectivity index (χ4v) is 2.11. The summed E-state index contributed by atoms with van der Waals surface area (Å²) in [5.74, 6) is -1.49. The monoisotopic (exact) mass is 256 g/mol. The average molecular weight is 256 g/mol.